The van der Waals surface area contributed by atoms with E-state index < -0.39 is 0 Å². The van der Waals surface area contributed by atoms with Crippen LogP contribution in [0.2, 0.25) is 5.02 Å². The maximum Gasteiger partial charge on any atom is 0.188 e. The fourth-order valence-electron chi connectivity index (χ4n) is 4.21. The molecule has 0 radical (unpaired) electrons. The molecule has 2 heterocycles. The Labute approximate surface area is 204 Å². The molecule has 34 heavy (non-hydrogen) atoms. The summed E-state index contributed by atoms with van der Waals surface area (Å²) in [5.41, 5.74) is 1.65. The number of hydrogen-bond donors (Lipinski definition) is 2. The van der Waals surface area contributed by atoms with Crippen molar-refractivity contribution in [3.8, 4) is 5.75 Å². The van der Waals surface area contributed by atoms with Crippen molar-refractivity contribution in [2.75, 3.05) is 50.2 Å². The summed E-state index contributed by atoms with van der Waals surface area (Å²) in [6, 6.07) is 11.4. The SMILES string of the molecule is [C-]#[N+]c1ccc2c(N3CCC(OCCO)CC3)nnc(NCCc3ccc(OC)c(Cl)c3)c2c1. The summed E-state index contributed by atoms with van der Waals surface area (Å²) in [4.78, 5) is 5.81. The van der Waals surface area contributed by atoms with E-state index in [1.807, 2.05) is 36.4 Å². The topological polar surface area (TPSA) is 84.1 Å². The highest BCUT2D eigenvalue weighted by molar-refractivity contribution is 6.32. The third kappa shape index (κ3) is 5.50. The Hall–Kier alpha value is -3.12. The Balaban J connectivity index is 1.51. The molecule has 178 valence electrons. The molecule has 0 amide bonds. The van der Waals surface area contributed by atoms with Crippen molar-refractivity contribution in [1.82, 2.24) is 10.2 Å². The van der Waals surface area contributed by atoms with Crippen molar-refractivity contribution in [2.24, 2.45) is 0 Å². The Morgan fingerprint density at radius 2 is 2.00 bits per heavy atom. The van der Waals surface area contributed by atoms with Crippen LogP contribution in [0.3, 0.4) is 0 Å². The van der Waals surface area contributed by atoms with Crippen molar-refractivity contribution in [3.05, 3.63) is 58.4 Å². The Morgan fingerprint density at radius 1 is 1.18 bits per heavy atom. The van der Waals surface area contributed by atoms with Gasteiger partial charge >= 0.3 is 0 Å². The molecular weight excluding hydrogens is 454 g/mol. The molecule has 2 N–H and O–H groups in total. The van der Waals surface area contributed by atoms with Crippen LogP contribution in [0.25, 0.3) is 15.6 Å². The van der Waals surface area contributed by atoms with Crippen LogP contribution in [0, 0.1) is 6.57 Å². The van der Waals surface area contributed by atoms with E-state index in [1.54, 1.807) is 7.11 Å². The van der Waals surface area contributed by atoms with E-state index in [-0.39, 0.29) is 12.7 Å². The van der Waals surface area contributed by atoms with Crippen LogP contribution in [-0.4, -0.2) is 61.4 Å². The van der Waals surface area contributed by atoms with Crippen LogP contribution in [0.4, 0.5) is 17.3 Å². The molecule has 1 fully saturated rings. The number of nitrogens with zero attached hydrogens (tertiary/aromatic N) is 4. The van der Waals surface area contributed by atoms with Crippen molar-refractivity contribution >= 4 is 39.7 Å². The second kappa shape index (κ2) is 11.3. The molecule has 9 heteroatoms. The Kier molecular flexibility index (Phi) is 8.01. The maximum absolute atomic E-state index is 8.98. The number of rotatable bonds is 9. The lowest BCUT2D eigenvalue weighted by atomic mass is 10.1. The van der Waals surface area contributed by atoms with Gasteiger partial charge in [0, 0.05) is 30.4 Å². The normalized spacial score (nSPS) is 14.2. The maximum atomic E-state index is 8.98. The summed E-state index contributed by atoms with van der Waals surface area (Å²) in [5, 5.41) is 23.8. The van der Waals surface area contributed by atoms with Gasteiger partial charge in [0.25, 0.3) is 0 Å². The number of aliphatic hydroxyl groups excluding tert-OH is 1. The van der Waals surface area contributed by atoms with Crippen molar-refractivity contribution in [2.45, 2.75) is 25.4 Å². The van der Waals surface area contributed by atoms with Crippen LogP contribution in [-0.2, 0) is 11.2 Å². The van der Waals surface area contributed by atoms with Gasteiger partial charge in [-0.15, -0.1) is 10.2 Å². The van der Waals surface area contributed by atoms with Gasteiger partial charge in [-0.3, -0.25) is 0 Å². The number of ether oxygens (including phenoxy) is 2. The molecule has 2 aromatic carbocycles. The number of hydrogen-bond acceptors (Lipinski definition) is 7. The lowest BCUT2D eigenvalue weighted by Gasteiger charge is -2.33. The molecule has 0 bridgehead atoms. The summed E-state index contributed by atoms with van der Waals surface area (Å²) in [5.74, 6) is 2.13. The van der Waals surface area contributed by atoms with Crippen LogP contribution in [0.5, 0.6) is 5.75 Å². The van der Waals surface area contributed by atoms with Crippen molar-refractivity contribution in [3.63, 3.8) is 0 Å². The zero-order chi connectivity index (χ0) is 23.9. The number of halogens is 1. The number of piperidine rings is 1. The number of methoxy groups -OCH3 is 1. The third-order valence-electron chi connectivity index (χ3n) is 5.98. The van der Waals surface area contributed by atoms with E-state index in [0.29, 0.717) is 35.4 Å². The largest absolute Gasteiger partial charge is 0.495 e. The average molecular weight is 482 g/mol. The molecule has 0 aliphatic carbocycles. The Morgan fingerprint density at radius 3 is 2.71 bits per heavy atom. The molecule has 0 atom stereocenters. The minimum atomic E-state index is 0.0413. The molecule has 1 aromatic heterocycles. The molecule has 0 saturated carbocycles. The first-order chi connectivity index (χ1) is 16.6. The quantitative estimate of drug-likeness (QED) is 0.436. The smallest absolute Gasteiger partial charge is 0.188 e. The first-order valence-electron chi connectivity index (χ1n) is 11.3. The van der Waals surface area contributed by atoms with Crippen LogP contribution in [0.15, 0.2) is 36.4 Å². The highest BCUT2D eigenvalue weighted by Crippen LogP contribution is 2.33. The molecule has 1 aliphatic rings. The van der Waals surface area contributed by atoms with E-state index in [2.05, 4.69) is 25.3 Å². The summed E-state index contributed by atoms with van der Waals surface area (Å²) in [6.07, 6.45) is 2.64. The predicted molar refractivity (Wildman–Crippen MR) is 134 cm³/mol. The molecule has 8 nitrogen and oxygen atoms in total. The zero-order valence-corrected chi connectivity index (χ0v) is 19.9. The standard InChI is InChI=1S/C25H28ClN5O3/c1-27-18-4-5-20-21(16-18)24(28-10-7-17-3-6-23(33-2)22(26)15-17)29-30-25(20)31-11-8-19(9-12-31)34-14-13-32/h3-6,15-16,19,32H,7-14H2,2H3,(H,28,29). The molecule has 1 saturated heterocycles. The van der Waals surface area contributed by atoms with Gasteiger partial charge in [0.05, 0.1) is 38.0 Å². The number of anilines is 2. The second-order valence-electron chi connectivity index (χ2n) is 8.14. The molecule has 4 rings (SSSR count). The number of fused-ring (bicyclic) bond motifs is 1. The fourth-order valence-corrected chi connectivity index (χ4v) is 4.49. The minimum absolute atomic E-state index is 0.0413. The first kappa shape index (κ1) is 24.0. The van der Waals surface area contributed by atoms with Gasteiger partial charge in [0.15, 0.2) is 17.3 Å². The molecule has 0 unspecified atom stereocenters. The third-order valence-corrected chi connectivity index (χ3v) is 6.28. The van der Waals surface area contributed by atoms with E-state index in [4.69, 9.17) is 32.8 Å². The van der Waals surface area contributed by atoms with Gasteiger partial charge in [-0.1, -0.05) is 29.8 Å². The second-order valence-corrected chi connectivity index (χ2v) is 8.55. The lowest BCUT2D eigenvalue weighted by Crippen LogP contribution is -2.38. The van der Waals surface area contributed by atoms with Crippen LogP contribution >= 0.6 is 11.6 Å². The monoisotopic (exact) mass is 481 g/mol. The van der Waals surface area contributed by atoms with E-state index in [0.717, 1.165) is 54.5 Å². The van der Waals surface area contributed by atoms with Gasteiger partial charge in [-0.2, -0.15) is 0 Å². The molecule has 3 aromatic rings. The molecular formula is C25H28ClN5O3. The number of benzene rings is 2. The number of nitrogens with one attached hydrogen (secondary N) is 1. The Bertz CT molecular complexity index is 1180. The van der Waals surface area contributed by atoms with Crippen LogP contribution in [0.1, 0.15) is 18.4 Å². The lowest BCUT2D eigenvalue weighted by molar-refractivity contribution is 0.0158. The highest BCUT2D eigenvalue weighted by Gasteiger charge is 2.23. The summed E-state index contributed by atoms with van der Waals surface area (Å²) >= 11 is 6.24. The number of aliphatic hydroxyl groups is 1. The van der Waals surface area contributed by atoms with E-state index >= 15 is 0 Å². The van der Waals surface area contributed by atoms with Gasteiger partial charge in [-0.25, -0.2) is 4.85 Å². The average Bonchev–Trinajstić information content (AvgIpc) is 2.87. The van der Waals surface area contributed by atoms with Crippen molar-refractivity contribution < 1.29 is 14.6 Å². The van der Waals surface area contributed by atoms with Gasteiger partial charge < -0.3 is 24.8 Å². The number of aromatic nitrogens is 2. The first-order valence-corrected chi connectivity index (χ1v) is 11.7. The van der Waals surface area contributed by atoms with Crippen molar-refractivity contribution in [1.29, 1.82) is 0 Å². The van der Waals surface area contributed by atoms with E-state index in [9.17, 15) is 0 Å². The summed E-state index contributed by atoms with van der Waals surface area (Å²) < 4.78 is 10.9. The van der Waals surface area contributed by atoms with Gasteiger partial charge in [0.2, 0.25) is 0 Å². The van der Waals surface area contributed by atoms with E-state index in [1.165, 1.54) is 0 Å². The predicted octanol–water partition coefficient (Wildman–Crippen LogP) is 4.47. The van der Waals surface area contributed by atoms with Gasteiger partial charge in [0.1, 0.15) is 5.75 Å². The van der Waals surface area contributed by atoms with Crippen LogP contribution < -0.4 is 15.0 Å². The minimum Gasteiger partial charge on any atom is -0.495 e. The zero-order valence-electron chi connectivity index (χ0n) is 19.1. The highest BCUT2D eigenvalue weighted by atomic mass is 35.5. The van der Waals surface area contributed by atoms with Gasteiger partial charge in [-0.05, 0) is 43.0 Å². The molecule has 0 spiro atoms. The summed E-state index contributed by atoms with van der Waals surface area (Å²) in [7, 11) is 1.60. The summed E-state index contributed by atoms with van der Waals surface area (Å²) in [6.45, 7) is 10.1. The molecule has 1 aliphatic heterocycles. The fraction of sp³-hybridized carbons (Fsp3) is 0.400.